The average molecular weight is 709 g/mol. The Morgan fingerprint density at radius 1 is 0.545 bits per heavy atom. The molecule has 0 unspecified atom stereocenters. The van der Waals surface area contributed by atoms with Crippen molar-refractivity contribution in [2.75, 3.05) is 0 Å². The minimum atomic E-state index is 0.448. The van der Waals surface area contributed by atoms with Gasteiger partial charge in [0.15, 0.2) is 23.1 Å². The van der Waals surface area contributed by atoms with Gasteiger partial charge in [0.05, 0.1) is 23.3 Å². The largest absolute Gasteiger partial charge is 0.436 e. The fourth-order valence-electron chi connectivity index (χ4n) is 7.29. The van der Waals surface area contributed by atoms with E-state index >= 15 is 0 Å². The molecule has 0 spiro atoms. The van der Waals surface area contributed by atoms with Crippen molar-refractivity contribution in [3.63, 3.8) is 0 Å². The van der Waals surface area contributed by atoms with Crippen LogP contribution in [0.15, 0.2) is 150 Å². The molecule has 0 amide bonds. The average Bonchev–Trinajstić information content (AvgIpc) is 3.71. The zero-order chi connectivity index (χ0) is 37.1. The lowest BCUT2D eigenvalue weighted by Gasteiger charge is -2.20. The van der Waals surface area contributed by atoms with E-state index in [0.717, 1.165) is 81.3 Å². The summed E-state index contributed by atoms with van der Waals surface area (Å²) in [4.78, 5) is 19.7. The predicted molar refractivity (Wildman–Crippen MR) is 217 cm³/mol. The summed E-state index contributed by atoms with van der Waals surface area (Å²) < 4.78 is 6.00. The monoisotopic (exact) mass is 708 g/mol. The Hall–Kier alpha value is -7.48. The fourth-order valence-corrected chi connectivity index (χ4v) is 7.29. The first kappa shape index (κ1) is 33.4. The first-order chi connectivity index (χ1) is 27.1. The Bertz CT molecular complexity index is 2810. The number of para-hydroxylation sites is 2. The van der Waals surface area contributed by atoms with Gasteiger partial charge in [-0.1, -0.05) is 103 Å². The Morgan fingerprint density at radius 2 is 1.29 bits per heavy atom. The lowest BCUT2D eigenvalue weighted by atomic mass is 9.85. The predicted octanol–water partition coefficient (Wildman–Crippen LogP) is 11.4. The number of benzene rings is 5. The molecule has 7 aromatic rings. The van der Waals surface area contributed by atoms with Crippen LogP contribution in [0, 0.1) is 22.7 Å². The summed E-state index contributed by atoms with van der Waals surface area (Å²) in [7, 11) is 0. The number of rotatable bonds is 7. The van der Waals surface area contributed by atoms with Crippen LogP contribution in [-0.2, 0) is 0 Å². The van der Waals surface area contributed by atoms with Gasteiger partial charge in [-0.15, -0.1) is 0 Å². The zero-order valence-corrected chi connectivity index (χ0v) is 29.8. The van der Waals surface area contributed by atoms with Gasteiger partial charge in [-0.3, -0.25) is 0 Å². The number of oxazole rings is 1. The van der Waals surface area contributed by atoms with E-state index in [0.29, 0.717) is 45.6 Å². The molecular formula is C48H32N6O. The van der Waals surface area contributed by atoms with Crippen molar-refractivity contribution >= 4 is 27.8 Å². The standard InChI is InChI=1S/C48H32N6O/c49-29-31-25-35(38-24-23-34(27-37(38)30-50)48-51-43-21-11-12-22-44(43)55-48)28-36(26-31)39-17-7-8-18-40(39)41-19-9-10-20-42(41)47-53-45(32-13-3-1-4-14-32)52-46(54-47)33-15-5-2-6-16-33/h1,3-5,7-8,10-18,20-28H,2,6,9,19H2. The Morgan fingerprint density at radius 3 is 2.09 bits per heavy atom. The number of hydrogen-bond acceptors (Lipinski definition) is 7. The van der Waals surface area contributed by atoms with E-state index in [4.69, 9.17) is 19.4 Å². The van der Waals surface area contributed by atoms with Crippen LogP contribution in [0.1, 0.15) is 54.0 Å². The number of hydrogen-bond donors (Lipinski definition) is 0. The van der Waals surface area contributed by atoms with Gasteiger partial charge < -0.3 is 4.42 Å². The van der Waals surface area contributed by atoms with Gasteiger partial charge in [0.2, 0.25) is 5.89 Å². The van der Waals surface area contributed by atoms with Crippen LogP contribution in [0.2, 0.25) is 0 Å². The zero-order valence-electron chi connectivity index (χ0n) is 29.8. The van der Waals surface area contributed by atoms with Gasteiger partial charge in [-0.05, 0) is 102 Å². The molecule has 0 saturated heterocycles. The highest BCUT2D eigenvalue weighted by Gasteiger charge is 2.22. The van der Waals surface area contributed by atoms with E-state index in [2.05, 4.69) is 65.7 Å². The second-order valence-corrected chi connectivity index (χ2v) is 13.5. The number of aromatic nitrogens is 4. The van der Waals surface area contributed by atoms with Crippen LogP contribution < -0.4 is 0 Å². The van der Waals surface area contributed by atoms with Crippen molar-refractivity contribution in [2.45, 2.75) is 25.7 Å². The van der Waals surface area contributed by atoms with E-state index in [1.165, 1.54) is 0 Å². The van der Waals surface area contributed by atoms with Crippen molar-refractivity contribution in [3.05, 3.63) is 174 Å². The molecule has 0 fully saturated rings. The lowest BCUT2D eigenvalue weighted by molar-refractivity contribution is 0.620. The molecule has 0 saturated carbocycles. The van der Waals surface area contributed by atoms with Gasteiger partial charge in [0, 0.05) is 22.3 Å². The molecule has 0 aliphatic heterocycles. The summed E-state index contributed by atoms with van der Waals surface area (Å²) in [6.45, 7) is 0. The normalized spacial score (nSPS) is 13.7. The van der Waals surface area contributed by atoms with Crippen molar-refractivity contribution in [2.24, 2.45) is 0 Å². The van der Waals surface area contributed by atoms with Crippen molar-refractivity contribution in [1.82, 2.24) is 19.9 Å². The molecule has 2 aliphatic carbocycles. The quantitative estimate of drug-likeness (QED) is 0.162. The highest BCUT2D eigenvalue weighted by molar-refractivity contribution is 5.99. The molecule has 260 valence electrons. The van der Waals surface area contributed by atoms with Gasteiger partial charge >= 0.3 is 0 Å². The number of nitrogens with zero attached hydrogens (tertiary/aromatic N) is 6. The minimum absolute atomic E-state index is 0.448. The number of fused-ring (bicyclic) bond motifs is 1. The van der Waals surface area contributed by atoms with E-state index in [9.17, 15) is 10.5 Å². The van der Waals surface area contributed by atoms with Crippen LogP contribution in [-0.4, -0.2) is 19.9 Å². The summed E-state index contributed by atoms with van der Waals surface area (Å²) in [6, 6.07) is 42.0. The van der Waals surface area contributed by atoms with Crippen molar-refractivity contribution < 1.29 is 4.42 Å². The number of nitriles is 2. The Kier molecular flexibility index (Phi) is 8.80. The van der Waals surface area contributed by atoms with E-state index < -0.39 is 0 Å². The van der Waals surface area contributed by atoms with Crippen LogP contribution in [0.5, 0.6) is 0 Å². The highest BCUT2D eigenvalue weighted by atomic mass is 16.3. The van der Waals surface area contributed by atoms with E-state index in [1.54, 1.807) is 6.07 Å². The summed E-state index contributed by atoms with van der Waals surface area (Å²) in [5.74, 6) is 2.35. The number of allylic oxidation sites excluding steroid dienone is 8. The molecule has 7 heteroatoms. The van der Waals surface area contributed by atoms with Gasteiger partial charge in [0.25, 0.3) is 0 Å². The van der Waals surface area contributed by atoms with Gasteiger partial charge in [0.1, 0.15) is 5.52 Å². The molecule has 5 aromatic carbocycles. The lowest BCUT2D eigenvalue weighted by Crippen LogP contribution is -2.07. The molecule has 0 N–H and O–H groups in total. The van der Waals surface area contributed by atoms with Crippen molar-refractivity contribution in [3.8, 4) is 57.2 Å². The Labute approximate surface area is 318 Å². The SMILES string of the molecule is N#Cc1cc(-c2ccc(-c3nc4ccccc4o3)cc2C#N)cc(-c2ccccc2C2=C(c3nc(C4=CCCC=C4)nc(-c4ccccc4)n3)C=CCC2)c1. The molecule has 7 nitrogen and oxygen atoms in total. The van der Waals surface area contributed by atoms with Crippen LogP contribution in [0.25, 0.3) is 72.9 Å². The smallest absolute Gasteiger partial charge is 0.227 e. The molecule has 9 rings (SSSR count). The van der Waals surface area contributed by atoms with Crippen LogP contribution >= 0.6 is 0 Å². The summed E-state index contributed by atoms with van der Waals surface area (Å²) in [5.41, 5.74) is 11.4. The molecule has 0 atom stereocenters. The molecule has 2 aromatic heterocycles. The maximum absolute atomic E-state index is 10.3. The third-order valence-corrected chi connectivity index (χ3v) is 9.95. The summed E-state index contributed by atoms with van der Waals surface area (Å²) in [6.07, 6.45) is 14.3. The third kappa shape index (κ3) is 6.56. The Balaban J connectivity index is 1.17. The second kappa shape index (κ2) is 14.5. The molecular weight excluding hydrogens is 677 g/mol. The van der Waals surface area contributed by atoms with E-state index in [-0.39, 0.29) is 0 Å². The molecule has 55 heavy (non-hydrogen) atoms. The second-order valence-electron chi connectivity index (χ2n) is 13.5. The minimum Gasteiger partial charge on any atom is -0.436 e. The first-order valence-corrected chi connectivity index (χ1v) is 18.3. The van der Waals surface area contributed by atoms with E-state index in [1.807, 2.05) is 91.0 Å². The third-order valence-electron chi connectivity index (χ3n) is 9.95. The highest BCUT2D eigenvalue weighted by Crippen LogP contribution is 2.41. The van der Waals surface area contributed by atoms with Crippen LogP contribution in [0.3, 0.4) is 0 Å². The van der Waals surface area contributed by atoms with Gasteiger partial charge in [-0.25, -0.2) is 19.9 Å². The summed E-state index contributed by atoms with van der Waals surface area (Å²) >= 11 is 0. The van der Waals surface area contributed by atoms with Crippen LogP contribution in [0.4, 0.5) is 0 Å². The molecule has 2 aliphatic rings. The molecule has 2 heterocycles. The summed E-state index contributed by atoms with van der Waals surface area (Å²) in [5, 5.41) is 20.6. The first-order valence-electron chi connectivity index (χ1n) is 18.3. The maximum Gasteiger partial charge on any atom is 0.227 e. The maximum atomic E-state index is 10.3. The molecule has 0 radical (unpaired) electrons. The van der Waals surface area contributed by atoms with Crippen molar-refractivity contribution in [1.29, 1.82) is 10.5 Å². The van der Waals surface area contributed by atoms with Gasteiger partial charge in [-0.2, -0.15) is 10.5 Å². The molecule has 0 bridgehead atoms. The fraction of sp³-hybridized carbons (Fsp3) is 0.0833. The topological polar surface area (TPSA) is 112 Å².